The fourth-order valence-corrected chi connectivity index (χ4v) is 4.21. The third kappa shape index (κ3) is 3.08. The van der Waals surface area contributed by atoms with Gasteiger partial charge in [-0.2, -0.15) is 18.3 Å². The van der Waals surface area contributed by atoms with E-state index >= 15 is 0 Å². The van der Waals surface area contributed by atoms with Crippen LogP contribution in [0.2, 0.25) is 0 Å². The van der Waals surface area contributed by atoms with Crippen LogP contribution in [0.3, 0.4) is 0 Å². The maximum atomic E-state index is 14.2. The summed E-state index contributed by atoms with van der Waals surface area (Å²) in [6, 6.07) is 15.1. The van der Waals surface area contributed by atoms with Crippen molar-refractivity contribution in [3.05, 3.63) is 77.0 Å². The number of hydrogen-bond donors (Lipinski definition) is 2. The standard InChI is InChI=1S/C23H20F3N3O3/c1-13-18(20(27)29(28-13)15-9-4-3-5-10-15)17-12-14-8-6-7-11-16(14)19(17)22(31,21(30)32-2)23(24,25)26/h3-12,19,31H,27H2,1-2H3/t19?,22-/m0/s1. The molecule has 1 aliphatic rings. The van der Waals surface area contributed by atoms with Gasteiger partial charge in [0.25, 0.3) is 5.60 Å². The van der Waals surface area contributed by atoms with Crippen molar-refractivity contribution in [3.8, 4) is 5.69 Å². The number of aryl methyl sites for hydroxylation is 1. The summed E-state index contributed by atoms with van der Waals surface area (Å²) in [5.41, 5.74) is 4.33. The lowest BCUT2D eigenvalue weighted by Crippen LogP contribution is -2.57. The molecule has 0 bridgehead atoms. The smallest absolute Gasteiger partial charge is 0.429 e. The first-order valence-corrected chi connectivity index (χ1v) is 9.70. The Balaban J connectivity index is 1.97. The highest BCUT2D eigenvalue weighted by molar-refractivity contribution is 6.00. The van der Waals surface area contributed by atoms with Crippen LogP contribution in [0.5, 0.6) is 0 Å². The Morgan fingerprint density at radius 3 is 2.38 bits per heavy atom. The normalized spacial score (nSPS) is 17.4. The zero-order valence-electron chi connectivity index (χ0n) is 17.2. The molecule has 32 heavy (non-hydrogen) atoms. The molecule has 0 spiro atoms. The van der Waals surface area contributed by atoms with Crippen molar-refractivity contribution in [2.45, 2.75) is 24.6 Å². The Bertz CT molecular complexity index is 1220. The van der Waals surface area contributed by atoms with Crippen molar-refractivity contribution in [1.82, 2.24) is 9.78 Å². The number of hydrogen-bond acceptors (Lipinski definition) is 5. The third-order valence-corrected chi connectivity index (χ3v) is 5.66. The van der Waals surface area contributed by atoms with Gasteiger partial charge in [0.05, 0.1) is 24.4 Å². The molecular formula is C23H20F3N3O3. The molecule has 0 amide bonds. The molecule has 1 aromatic heterocycles. The Morgan fingerprint density at radius 1 is 1.12 bits per heavy atom. The number of aromatic nitrogens is 2. The van der Waals surface area contributed by atoms with Gasteiger partial charge in [-0.25, -0.2) is 9.48 Å². The van der Waals surface area contributed by atoms with E-state index in [2.05, 4.69) is 9.84 Å². The van der Waals surface area contributed by atoms with E-state index < -0.39 is 23.7 Å². The van der Waals surface area contributed by atoms with Gasteiger partial charge in [-0.05, 0) is 41.8 Å². The minimum atomic E-state index is -5.32. The number of rotatable bonds is 4. The average molecular weight is 443 g/mol. The number of methoxy groups -OCH3 is 1. The highest BCUT2D eigenvalue weighted by atomic mass is 19.4. The number of para-hydroxylation sites is 1. The minimum Gasteiger partial charge on any atom is -0.467 e. The summed E-state index contributed by atoms with van der Waals surface area (Å²) < 4.78 is 48.5. The van der Waals surface area contributed by atoms with Gasteiger partial charge in [0.1, 0.15) is 5.82 Å². The molecule has 0 saturated heterocycles. The predicted molar refractivity (Wildman–Crippen MR) is 113 cm³/mol. The van der Waals surface area contributed by atoms with Gasteiger partial charge in [-0.1, -0.05) is 42.5 Å². The highest BCUT2D eigenvalue weighted by Gasteiger charge is 2.67. The van der Waals surface area contributed by atoms with Crippen molar-refractivity contribution < 1.29 is 27.8 Å². The topological polar surface area (TPSA) is 90.4 Å². The van der Waals surface area contributed by atoms with E-state index in [1.165, 1.54) is 16.8 Å². The van der Waals surface area contributed by atoms with E-state index in [0.717, 1.165) is 7.11 Å². The fourth-order valence-electron chi connectivity index (χ4n) is 4.21. The zero-order chi connectivity index (χ0) is 23.3. The van der Waals surface area contributed by atoms with Crippen LogP contribution in [0.15, 0.2) is 54.6 Å². The number of halogens is 3. The number of fused-ring (bicyclic) bond motifs is 1. The van der Waals surface area contributed by atoms with Crippen LogP contribution in [0, 0.1) is 6.92 Å². The van der Waals surface area contributed by atoms with Crippen LogP contribution in [-0.2, 0) is 9.53 Å². The number of nitrogens with two attached hydrogens (primary N) is 1. The van der Waals surface area contributed by atoms with E-state index in [1.807, 2.05) is 6.07 Å². The van der Waals surface area contributed by atoms with Crippen molar-refractivity contribution in [2.24, 2.45) is 0 Å². The van der Waals surface area contributed by atoms with E-state index in [9.17, 15) is 23.1 Å². The Kier molecular flexibility index (Phi) is 5.09. The van der Waals surface area contributed by atoms with Crippen molar-refractivity contribution in [2.75, 3.05) is 12.8 Å². The zero-order valence-corrected chi connectivity index (χ0v) is 17.2. The van der Waals surface area contributed by atoms with Crippen molar-refractivity contribution in [3.63, 3.8) is 0 Å². The molecule has 0 aliphatic heterocycles. The van der Waals surface area contributed by atoms with E-state index in [-0.39, 0.29) is 22.5 Å². The maximum absolute atomic E-state index is 14.2. The first kappa shape index (κ1) is 21.6. The second-order valence-corrected chi connectivity index (χ2v) is 7.51. The molecule has 0 saturated carbocycles. The number of nitrogens with zero attached hydrogens (tertiary/aromatic N) is 2. The van der Waals surface area contributed by atoms with Gasteiger partial charge in [-0.3, -0.25) is 0 Å². The summed E-state index contributed by atoms with van der Waals surface area (Å²) in [5, 5.41) is 15.3. The SMILES string of the molecule is COC(=O)[C@@](O)(C1C(c2c(C)nn(-c3ccccc3)c2N)=Cc2ccccc21)C(F)(F)F. The number of carbonyl (C=O) groups excluding carboxylic acids is 1. The summed E-state index contributed by atoms with van der Waals surface area (Å²) in [7, 11) is 0.802. The molecule has 2 atom stereocenters. The summed E-state index contributed by atoms with van der Waals surface area (Å²) >= 11 is 0. The number of benzene rings is 2. The second kappa shape index (κ2) is 7.52. The van der Waals surface area contributed by atoms with Gasteiger partial charge in [0, 0.05) is 5.56 Å². The largest absolute Gasteiger partial charge is 0.467 e. The molecule has 3 N–H and O–H groups in total. The number of ether oxygens (including phenoxy) is 1. The van der Waals surface area contributed by atoms with E-state index in [1.54, 1.807) is 49.4 Å². The number of aliphatic hydroxyl groups is 1. The molecule has 9 heteroatoms. The summed E-state index contributed by atoms with van der Waals surface area (Å²) in [6.07, 6.45) is -3.82. The molecule has 4 rings (SSSR count). The quantitative estimate of drug-likeness (QED) is 0.598. The van der Waals surface area contributed by atoms with Gasteiger partial charge in [0.15, 0.2) is 0 Å². The predicted octanol–water partition coefficient (Wildman–Crippen LogP) is 3.87. The summed E-state index contributed by atoms with van der Waals surface area (Å²) in [6.45, 7) is 1.61. The van der Waals surface area contributed by atoms with E-state index in [4.69, 9.17) is 5.73 Å². The number of nitrogen functional groups attached to an aromatic ring is 1. The lowest BCUT2D eigenvalue weighted by Gasteiger charge is -2.35. The molecular weight excluding hydrogens is 423 g/mol. The molecule has 0 fully saturated rings. The first-order chi connectivity index (χ1) is 15.1. The molecule has 2 aromatic carbocycles. The lowest BCUT2D eigenvalue weighted by atomic mass is 9.76. The van der Waals surface area contributed by atoms with Crippen LogP contribution in [-0.4, -0.2) is 39.7 Å². The number of alkyl halides is 3. The second-order valence-electron chi connectivity index (χ2n) is 7.51. The third-order valence-electron chi connectivity index (χ3n) is 5.66. The van der Waals surface area contributed by atoms with Crippen LogP contribution < -0.4 is 5.73 Å². The molecule has 3 aromatic rings. The number of esters is 1. The summed E-state index contributed by atoms with van der Waals surface area (Å²) in [5.74, 6) is -3.50. The molecule has 166 valence electrons. The Morgan fingerprint density at radius 2 is 1.75 bits per heavy atom. The minimum absolute atomic E-state index is 0.0357. The fraction of sp³-hybridized carbons (Fsp3) is 0.217. The maximum Gasteiger partial charge on any atom is 0.429 e. The Hall–Kier alpha value is -3.59. The lowest BCUT2D eigenvalue weighted by molar-refractivity contribution is -0.264. The summed E-state index contributed by atoms with van der Waals surface area (Å²) in [4.78, 5) is 12.4. The van der Waals surface area contributed by atoms with Gasteiger partial charge in [-0.15, -0.1) is 0 Å². The Labute approximate surface area is 181 Å². The molecule has 1 heterocycles. The van der Waals surface area contributed by atoms with Crippen LogP contribution in [0.1, 0.15) is 28.3 Å². The van der Waals surface area contributed by atoms with Crippen LogP contribution in [0.25, 0.3) is 17.3 Å². The van der Waals surface area contributed by atoms with Gasteiger partial charge < -0.3 is 15.6 Å². The number of anilines is 1. The van der Waals surface area contributed by atoms with Crippen molar-refractivity contribution >= 4 is 23.4 Å². The van der Waals surface area contributed by atoms with Gasteiger partial charge >= 0.3 is 12.1 Å². The highest BCUT2D eigenvalue weighted by Crippen LogP contribution is 2.54. The number of carbonyl (C=O) groups is 1. The van der Waals surface area contributed by atoms with Crippen LogP contribution in [0.4, 0.5) is 19.0 Å². The van der Waals surface area contributed by atoms with Crippen molar-refractivity contribution in [1.29, 1.82) is 0 Å². The molecule has 1 unspecified atom stereocenters. The molecule has 6 nitrogen and oxygen atoms in total. The molecule has 0 radical (unpaired) electrons. The average Bonchev–Trinajstić information content (AvgIpc) is 3.29. The van der Waals surface area contributed by atoms with Gasteiger partial charge in [0.2, 0.25) is 0 Å². The van der Waals surface area contributed by atoms with E-state index in [0.29, 0.717) is 16.9 Å². The van der Waals surface area contributed by atoms with Crippen LogP contribution >= 0.6 is 0 Å². The monoisotopic (exact) mass is 443 g/mol. The molecule has 1 aliphatic carbocycles. The first-order valence-electron chi connectivity index (χ1n) is 9.70.